The van der Waals surface area contributed by atoms with Gasteiger partial charge in [0.1, 0.15) is 0 Å². The Kier molecular flexibility index (Phi) is 4.63. The standard InChI is InChI=1S/C19H16BrN3OS/c20-14-7-5-13(6-8-14)11-18(24)21-16-4-2-1-3-15(16)17-12-23-9-10-25-19(23)22-17/h1-8,12H,9-11H2,(H,21,24). The van der Waals surface area contributed by atoms with Crippen molar-refractivity contribution in [1.82, 2.24) is 9.55 Å². The van der Waals surface area contributed by atoms with Gasteiger partial charge in [-0.05, 0) is 23.8 Å². The molecule has 1 aliphatic rings. The van der Waals surface area contributed by atoms with Crippen LogP contribution in [0.5, 0.6) is 0 Å². The van der Waals surface area contributed by atoms with E-state index in [1.54, 1.807) is 11.8 Å². The van der Waals surface area contributed by atoms with Crippen molar-refractivity contribution in [3.63, 3.8) is 0 Å². The zero-order valence-corrected chi connectivity index (χ0v) is 15.8. The van der Waals surface area contributed by atoms with Crippen LogP contribution in [0.25, 0.3) is 11.3 Å². The van der Waals surface area contributed by atoms with E-state index in [4.69, 9.17) is 4.98 Å². The highest BCUT2D eigenvalue weighted by molar-refractivity contribution is 9.10. The maximum atomic E-state index is 12.4. The first kappa shape index (κ1) is 16.4. The van der Waals surface area contributed by atoms with Crippen molar-refractivity contribution >= 4 is 39.3 Å². The molecule has 0 unspecified atom stereocenters. The summed E-state index contributed by atoms with van der Waals surface area (Å²) in [5, 5.41) is 4.08. The topological polar surface area (TPSA) is 46.9 Å². The number of nitrogens with zero attached hydrogens (tertiary/aromatic N) is 2. The summed E-state index contributed by atoms with van der Waals surface area (Å²) in [5.74, 6) is 1.05. The SMILES string of the molecule is O=C(Cc1ccc(Br)cc1)Nc1ccccc1-c1cn2c(n1)SCC2. The van der Waals surface area contributed by atoms with Crippen LogP contribution in [-0.4, -0.2) is 21.2 Å². The minimum atomic E-state index is -0.0316. The molecule has 126 valence electrons. The Morgan fingerprint density at radius 3 is 2.80 bits per heavy atom. The number of thioether (sulfide) groups is 1. The fraction of sp³-hybridized carbons (Fsp3) is 0.158. The second-order valence-corrected chi connectivity index (χ2v) is 7.83. The van der Waals surface area contributed by atoms with Crippen LogP contribution < -0.4 is 5.32 Å². The molecule has 1 aromatic heterocycles. The monoisotopic (exact) mass is 413 g/mol. The van der Waals surface area contributed by atoms with E-state index in [-0.39, 0.29) is 5.91 Å². The number of carbonyl (C=O) groups excluding carboxylic acids is 1. The third kappa shape index (κ3) is 3.65. The Morgan fingerprint density at radius 1 is 1.20 bits per heavy atom. The number of aromatic nitrogens is 2. The van der Waals surface area contributed by atoms with Crippen LogP contribution in [0.3, 0.4) is 0 Å². The Bertz CT molecular complexity index is 899. The highest BCUT2D eigenvalue weighted by Crippen LogP contribution is 2.32. The number of aryl methyl sites for hydroxylation is 1. The minimum absolute atomic E-state index is 0.0316. The van der Waals surface area contributed by atoms with Gasteiger partial charge in [0, 0.05) is 28.5 Å². The van der Waals surface area contributed by atoms with Gasteiger partial charge >= 0.3 is 0 Å². The first-order valence-corrected chi connectivity index (χ1v) is 9.80. The maximum Gasteiger partial charge on any atom is 0.228 e. The molecule has 25 heavy (non-hydrogen) atoms. The van der Waals surface area contributed by atoms with Crippen molar-refractivity contribution in [2.24, 2.45) is 0 Å². The lowest BCUT2D eigenvalue weighted by Crippen LogP contribution is -2.15. The van der Waals surface area contributed by atoms with Gasteiger partial charge in [-0.15, -0.1) is 0 Å². The first-order valence-electron chi connectivity index (χ1n) is 8.03. The van der Waals surface area contributed by atoms with Gasteiger partial charge in [0.05, 0.1) is 17.8 Å². The molecule has 4 nitrogen and oxygen atoms in total. The van der Waals surface area contributed by atoms with E-state index < -0.39 is 0 Å². The number of imidazole rings is 1. The molecule has 6 heteroatoms. The number of hydrogen-bond donors (Lipinski definition) is 1. The number of benzene rings is 2. The van der Waals surface area contributed by atoms with E-state index in [1.165, 1.54) is 0 Å². The highest BCUT2D eigenvalue weighted by Gasteiger charge is 2.17. The largest absolute Gasteiger partial charge is 0.325 e. The van der Waals surface area contributed by atoms with E-state index >= 15 is 0 Å². The highest BCUT2D eigenvalue weighted by atomic mass is 79.9. The summed E-state index contributed by atoms with van der Waals surface area (Å²) < 4.78 is 3.17. The quantitative estimate of drug-likeness (QED) is 0.679. The number of para-hydroxylation sites is 1. The zero-order chi connectivity index (χ0) is 17.2. The van der Waals surface area contributed by atoms with Crippen LogP contribution in [0.4, 0.5) is 5.69 Å². The number of fused-ring (bicyclic) bond motifs is 1. The number of halogens is 1. The molecule has 0 atom stereocenters. The summed E-state index contributed by atoms with van der Waals surface area (Å²) in [6, 6.07) is 15.6. The Balaban J connectivity index is 1.54. The van der Waals surface area contributed by atoms with Gasteiger partial charge in [-0.25, -0.2) is 4.98 Å². The first-order chi connectivity index (χ1) is 12.2. The number of hydrogen-bond acceptors (Lipinski definition) is 3. The van der Waals surface area contributed by atoms with E-state index in [0.717, 1.165) is 44.4 Å². The summed E-state index contributed by atoms with van der Waals surface area (Å²) in [4.78, 5) is 17.1. The number of rotatable bonds is 4. The smallest absolute Gasteiger partial charge is 0.228 e. The van der Waals surface area contributed by atoms with Gasteiger partial charge in [0.25, 0.3) is 0 Å². The van der Waals surface area contributed by atoms with Gasteiger partial charge < -0.3 is 9.88 Å². The van der Waals surface area contributed by atoms with Gasteiger partial charge in [-0.3, -0.25) is 4.79 Å². The molecule has 0 saturated heterocycles. The Labute approximate surface area is 158 Å². The lowest BCUT2D eigenvalue weighted by molar-refractivity contribution is -0.115. The zero-order valence-electron chi connectivity index (χ0n) is 13.4. The summed E-state index contributed by atoms with van der Waals surface area (Å²) in [5.41, 5.74) is 3.64. The van der Waals surface area contributed by atoms with E-state index in [9.17, 15) is 4.79 Å². The molecule has 0 bridgehead atoms. The number of nitrogens with one attached hydrogen (secondary N) is 1. The van der Waals surface area contributed by atoms with Gasteiger partial charge in [-0.2, -0.15) is 0 Å². The third-order valence-electron chi connectivity index (χ3n) is 4.06. The van der Waals surface area contributed by atoms with Crippen molar-refractivity contribution in [1.29, 1.82) is 0 Å². The van der Waals surface area contributed by atoms with Crippen molar-refractivity contribution in [3.05, 3.63) is 64.8 Å². The molecule has 0 radical (unpaired) electrons. The fourth-order valence-electron chi connectivity index (χ4n) is 2.84. The van der Waals surface area contributed by atoms with E-state index in [2.05, 4.69) is 32.0 Å². The normalized spacial score (nSPS) is 12.8. The lowest BCUT2D eigenvalue weighted by atomic mass is 10.1. The second-order valence-electron chi connectivity index (χ2n) is 5.85. The Hall–Kier alpha value is -2.05. The van der Waals surface area contributed by atoms with Crippen LogP contribution in [0.15, 0.2) is 64.4 Å². The second kappa shape index (κ2) is 7.06. The van der Waals surface area contributed by atoms with Crippen LogP contribution in [0.1, 0.15) is 5.56 Å². The predicted molar refractivity (Wildman–Crippen MR) is 105 cm³/mol. The van der Waals surface area contributed by atoms with Crippen LogP contribution in [0, 0.1) is 0 Å². The molecule has 0 spiro atoms. The molecule has 1 aliphatic heterocycles. The number of anilines is 1. The average Bonchev–Trinajstić information content (AvgIpc) is 3.19. The summed E-state index contributed by atoms with van der Waals surface area (Å²) in [7, 11) is 0. The fourth-order valence-corrected chi connectivity index (χ4v) is 4.04. The molecule has 4 rings (SSSR count). The summed E-state index contributed by atoms with van der Waals surface area (Å²) in [6.45, 7) is 0.991. The molecule has 3 aromatic rings. The van der Waals surface area contributed by atoms with E-state index in [0.29, 0.717) is 6.42 Å². The lowest BCUT2D eigenvalue weighted by Gasteiger charge is -2.10. The predicted octanol–water partition coefficient (Wildman–Crippen LogP) is 4.60. The van der Waals surface area contributed by atoms with Crippen LogP contribution in [0.2, 0.25) is 0 Å². The molecule has 0 aliphatic carbocycles. The van der Waals surface area contributed by atoms with Crippen LogP contribution >= 0.6 is 27.7 Å². The van der Waals surface area contributed by atoms with Crippen molar-refractivity contribution in [2.75, 3.05) is 11.1 Å². The third-order valence-corrected chi connectivity index (χ3v) is 5.56. The van der Waals surface area contributed by atoms with Gasteiger partial charge in [0.15, 0.2) is 5.16 Å². The van der Waals surface area contributed by atoms with Gasteiger partial charge in [0.2, 0.25) is 5.91 Å². The number of amides is 1. The molecular weight excluding hydrogens is 398 g/mol. The average molecular weight is 414 g/mol. The molecule has 0 fully saturated rings. The van der Waals surface area contributed by atoms with Crippen LogP contribution in [-0.2, 0) is 17.8 Å². The minimum Gasteiger partial charge on any atom is -0.325 e. The molecule has 1 amide bonds. The Morgan fingerprint density at radius 2 is 2.00 bits per heavy atom. The summed E-state index contributed by atoms with van der Waals surface area (Å²) >= 11 is 5.17. The van der Waals surface area contributed by atoms with Crippen molar-refractivity contribution in [3.8, 4) is 11.3 Å². The molecule has 0 saturated carbocycles. The molecular formula is C19H16BrN3OS. The molecule has 1 N–H and O–H groups in total. The number of carbonyl (C=O) groups is 1. The summed E-state index contributed by atoms with van der Waals surface area (Å²) in [6.07, 6.45) is 2.41. The van der Waals surface area contributed by atoms with E-state index in [1.807, 2.05) is 48.5 Å². The molecule has 2 aromatic carbocycles. The molecule has 2 heterocycles. The van der Waals surface area contributed by atoms with Gasteiger partial charge in [-0.1, -0.05) is 58.0 Å². The van der Waals surface area contributed by atoms with Crippen molar-refractivity contribution < 1.29 is 4.79 Å². The van der Waals surface area contributed by atoms with Crippen molar-refractivity contribution in [2.45, 2.75) is 18.1 Å². The maximum absolute atomic E-state index is 12.4.